The zero-order chi connectivity index (χ0) is 20.6. The minimum atomic E-state index is -1.04. The Hall–Kier alpha value is -3.35. The van der Waals surface area contributed by atoms with Crippen LogP contribution in [-0.4, -0.2) is 48.3 Å². The second kappa shape index (κ2) is 7.24. The molecule has 0 radical (unpaired) electrons. The van der Waals surface area contributed by atoms with Crippen LogP contribution in [0.1, 0.15) is 23.1 Å². The lowest BCUT2D eigenvalue weighted by atomic mass is 9.92. The van der Waals surface area contributed by atoms with Crippen LogP contribution in [0, 0.1) is 0 Å². The fraction of sp³-hybridized carbons (Fsp3) is 0.318. The lowest BCUT2D eigenvalue weighted by Gasteiger charge is -2.23. The lowest BCUT2D eigenvalue weighted by molar-refractivity contribution is -0.138. The zero-order valence-corrected chi connectivity index (χ0v) is 16.5. The largest absolute Gasteiger partial charge is 0.497 e. The first-order valence-electron chi connectivity index (χ1n) is 9.54. The number of methoxy groups -OCH3 is 1. The molecule has 7 nitrogen and oxygen atoms in total. The number of imide groups is 1. The molecular weight excluding hydrogens is 370 g/mol. The topological polar surface area (TPSA) is 79.0 Å². The average molecular weight is 393 g/mol. The van der Waals surface area contributed by atoms with Gasteiger partial charge in [-0.25, -0.2) is 4.79 Å². The lowest BCUT2D eigenvalue weighted by Crippen LogP contribution is -2.44. The molecule has 4 amide bonds. The highest BCUT2D eigenvalue weighted by Gasteiger charge is 2.55. The van der Waals surface area contributed by atoms with Gasteiger partial charge in [0.05, 0.1) is 7.11 Å². The quantitative estimate of drug-likeness (QED) is 0.789. The van der Waals surface area contributed by atoms with Crippen molar-refractivity contribution >= 4 is 17.8 Å². The predicted octanol–water partition coefficient (Wildman–Crippen LogP) is 2.05. The SMILES string of the molecule is COc1cccc(CN(C)C(=O)CN2C(=O)NC3(CCc4ccccc43)C2=O)c1. The average Bonchev–Trinajstić information content (AvgIpc) is 3.21. The van der Waals surface area contributed by atoms with Crippen LogP contribution in [0.15, 0.2) is 48.5 Å². The van der Waals surface area contributed by atoms with Crippen molar-refractivity contribution in [1.82, 2.24) is 15.1 Å². The normalized spacial score (nSPS) is 20.0. The Bertz CT molecular complexity index is 990. The van der Waals surface area contributed by atoms with Gasteiger partial charge in [-0.15, -0.1) is 0 Å². The second-order valence-corrected chi connectivity index (χ2v) is 7.49. The molecular formula is C22H23N3O4. The summed E-state index contributed by atoms with van der Waals surface area (Å²) in [7, 11) is 3.24. The van der Waals surface area contributed by atoms with E-state index in [0.29, 0.717) is 18.7 Å². The molecule has 1 fully saturated rings. The van der Waals surface area contributed by atoms with Gasteiger partial charge < -0.3 is 15.0 Å². The van der Waals surface area contributed by atoms with Crippen LogP contribution < -0.4 is 10.1 Å². The first-order valence-corrected chi connectivity index (χ1v) is 9.54. The van der Waals surface area contributed by atoms with E-state index in [2.05, 4.69) is 5.32 Å². The van der Waals surface area contributed by atoms with E-state index in [4.69, 9.17) is 4.74 Å². The van der Waals surface area contributed by atoms with Crippen molar-refractivity contribution in [1.29, 1.82) is 0 Å². The highest BCUT2D eigenvalue weighted by Crippen LogP contribution is 2.41. The van der Waals surface area contributed by atoms with Crippen LogP contribution in [0.25, 0.3) is 0 Å². The van der Waals surface area contributed by atoms with Crippen LogP contribution in [0.2, 0.25) is 0 Å². The Morgan fingerprint density at radius 2 is 2.00 bits per heavy atom. The monoisotopic (exact) mass is 393 g/mol. The first kappa shape index (κ1) is 19.0. The molecule has 2 aromatic rings. The number of fused-ring (bicyclic) bond motifs is 2. The van der Waals surface area contributed by atoms with E-state index in [1.54, 1.807) is 14.2 Å². The standard InChI is InChI=1S/C22H23N3O4/c1-24(13-15-6-5-8-17(12-15)29-2)19(26)14-25-20(27)22(23-21(25)28)11-10-16-7-3-4-9-18(16)22/h3-9,12H,10-11,13-14H2,1-2H3,(H,23,28). The summed E-state index contributed by atoms with van der Waals surface area (Å²) in [6, 6.07) is 14.5. The molecule has 1 atom stereocenters. The van der Waals surface area contributed by atoms with Crippen molar-refractivity contribution in [3.63, 3.8) is 0 Å². The smallest absolute Gasteiger partial charge is 0.325 e. The van der Waals surface area contributed by atoms with E-state index in [1.807, 2.05) is 48.5 Å². The van der Waals surface area contributed by atoms with Crippen LogP contribution in [0.3, 0.4) is 0 Å². The van der Waals surface area contributed by atoms with Gasteiger partial charge in [0.25, 0.3) is 5.91 Å². The van der Waals surface area contributed by atoms with Crippen LogP contribution in [0.5, 0.6) is 5.75 Å². The molecule has 1 heterocycles. The summed E-state index contributed by atoms with van der Waals surface area (Å²) in [5, 5.41) is 2.84. The van der Waals surface area contributed by atoms with Gasteiger partial charge in [-0.05, 0) is 41.7 Å². The molecule has 1 spiro atoms. The third-order valence-corrected chi connectivity index (χ3v) is 5.70. The summed E-state index contributed by atoms with van der Waals surface area (Å²) < 4.78 is 5.21. The molecule has 7 heteroatoms. The molecule has 150 valence electrons. The Morgan fingerprint density at radius 3 is 2.79 bits per heavy atom. The molecule has 1 aliphatic carbocycles. The maximum Gasteiger partial charge on any atom is 0.325 e. The summed E-state index contributed by atoms with van der Waals surface area (Å²) >= 11 is 0. The fourth-order valence-electron chi connectivity index (χ4n) is 4.12. The van der Waals surface area contributed by atoms with Crippen molar-refractivity contribution in [2.45, 2.75) is 24.9 Å². The van der Waals surface area contributed by atoms with E-state index < -0.39 is 11.6 Å². The third kappa shape index (κ3) is 3.22. The Balaban J connectivity index is 1.47. The van der Waals surface area contributed by atoms with E-state index >= 15 is 0 Å². The maximum absolute atomic E-state index is 13.2. The number of carbonyl (C=O) groups is 3. The van der Waals surface area contributed by atoms with Gasteiger partial charge in [0, 0.05) is 13.6 Å². The molecule has 0 saturated carbocycles. The Morgan fingerprint density at radius 1 is 1.21 bits per heavy atom. The molecule has 1 unspecified atom stereocenters. The first-order chi connectivity index (χ1) is 13.9. The summed E-state index contributed by atoms with van der Waals surface area (Å²) in [5.74, 6) is 0.0505. The molecule has 0 bridgehead atoms. The van der Waals surface area contributed by atoms with Crippen LogP contribution in [0.4, 0.5) is 4.79 Å². The molecule has 4 rings (SSSR count). The van der Waals surface area contributed by atoms with Crippen LogP contribution in [-0.2, 0) is 28.1 Å². The van der Waals surface area contributed by atoms with Gasteiger partial charge in [-0.3, -0.25) is 14.5 Å². The number of benzene rings is 2. The maximum atomic E-state index is 13.2. The number of carbonyl (C=O) groups excluding carboxylic acids is 3. The predicted molar refractivity (Wildman–Crippen MR) is 106 cm³/mol. The number of urea groups is 1. The molecule has 1 aliphatic heterocycles. The van der Waals surface area contributed by atoms with Crippen molar-refractivity contribution in [2.24, 2.45) is 0 Å². The minimum absolute atomic E-state index is 0.283. The number of likely N-dealkylation sites (N-methyl/N-ethyl adjacent to an activating group) is 1. The Kier molecular flexibility index (Phi) is 4.74. The molecule has 29 heavy (non-hydrogen) atoms. The summed E-state index contributed by atoms with van der Waals surface area (Å²) in [5.41, 5.74) is 1.75. The van der Waals surface area contributed by atoms with Gasteiger partial charge in [0.15, 0.2) is 0 Å². The Labute approximate surface area is 169 Å². The van der Waals surface area contributed by atoms with E-state index in [9.17, 15) is 14.4 Å². The number of ether oxygens (including phenoxy) is 1. The molecule has 1 N–H and O–H groups in total. The number of nitrogens with one attached hydrogen (secondary N) is 1. The van der Waals surface area contributed by atoms with E-state index in [1.165, 1.54) is 4.90 Å². The highest BCUT2D eigenvalue weighted by molar-refractivity contribution is 6.09. The molecule has 0 aromatic heterocycles. The summed E-state index contributed by atoms with van der Waals surface area (Å²) in [6.07, 6.45) is 1.24. The highest BCUT2D eigenvalue weighted by atomic mass is 16.5. The summed E-state index contributed by atoms with van der Waals surface area (Å²) in [4.78, 5) is 41.0. The fourth-order valence-corrected chi connectivity index (χ4v) is 4.12. The van der Waals surface area contributed by atoms with Gasteiger partial charge in [0.2, 0.25) is 5.91 Å². The number of nitrogens with zero attached hydrogens (tertiary/aromatic N) is 2. The second-order valence-electron chi connectivity index (χ2n) is 7.49. The molecule has 1 saturated heterocycles. The molecule has 2 aliphatic rings. The number of hydrogen-bond acceptors (Lipinski definition) is 4. The third-order valence-electron chi connectivity index (χ3n) is 5.70. The van der Waals surface area contributed by atoms with Crippen molar-refractivity contribution < 1.29 is 19.1 Å². The van der Waals surface area contributed by atoms with Gasteiger partial charge >= 0.3 is 6.03 Å². The number of amides is 4. The number of aryl methyl sites for hydroxylation is 1. The summed E-state index contributed by atoms with van der Waals surface area (Å²) in [6.45, 7) is 0.0721. The van der Waals surface area contributed by atoms with Crippen LogP contribution >= 0.6 is 0 Å². The zero-order valence-electron chi connectivity index (χ0n) is 16.5. The molecule has 2 aromatic carbocycles. The van der Waals surface area contributed by atoms with E-state index in [0.717, 1.165) is 28.0 Å². The van der Waals surface area contributed by atoms with E-state index in [-0.39, 0.29) is 18.4 Å². The van der Waals surface area contributed by atoms with Crippen molar-refractivity contribution in [3.8, 4) is 5.75 Å². The minimum Gasteiger partial charge on any atom is -0.497 e. The van der Waals surface area contributed by atoms with Crippen molar-refractivity contribution in [2.75, 3.05) is 20.7 Å². The van der Waals surface area contributed by atoms with Gasteiger partial charge in [-0.1, -0.05) is 36.4 Å². The number of hydrogen-bond donors (Lipinski definition) is 1. The number of rotatable bonds is 5. The van der Waals surface area contributed by atoms with Gasteiger partial charge in [-0.2, -0.15) is 0 Å². The van der Waals surface area contributed by atoms with Gasteiger partial charge in [0.1, 0.15) is 17.8 Å². The van der Waals surface area contributed by atoms with Crippen molar-refractivity contribution in [3.05, 3.63) is 65.2 Å².